The Morgan fingerprint density at radius 2 is 0.347 bits per heavy atom. The van der Waals surface area contributed by atoms with E-state index in [-0.39, 0.29) is 0 Å². The van der Waals surface area contributed by atoms with Gasteiger partial charge in [-0.2, -0.15) is 0 Å². The van der Waals surface area contributed by atoms with Crippen LogP contribution in [-0.2, 0) is 0 Å². The summed E-state index contributed by atoms with van der Waals surface area (Å²) in [7, 11) is 4.25. The first-order chi connectivity index (χ1) is 48.4. The maximum Gasteiger partial charge on any atom is 0.0468 e. The molecule has 0 heterocycles. The van der Waals surface area contributed by atoms with Gasteiger partial charge < -0.3 is 19.6 Å². The molecule has 0 aliphatic rings. The number of rotatable bonds is 16. The molecule has 0 fully saturated rings. The predicted molar refractivity (Wildman–Crippen MR) is 419 cm³/mol. The monoisotopic (exact) mass is 1260 g/mol. The Balaban J connectivity index is 0.000000160. The summed E-state index contributed by atoms with van der Waals surface area (Å²) < 4.78 is 0. The zero-order chi connectivity index (χ0) is 66.0. The zero-order valence-corrected chi connectivity index (χ0v) is 54.9. The Kier molecular flexibility index (Phi) is 17.8. The van der Waals surface area contributed by atoms with E-state index in [0.29, 0.717) is 0 Å². The molecule has 468 valence electrons. The van der Waals surface area contributed by atoms with Gasteiger partial charge in [-0.25, -0.2) is 0 Å². The van der Waals surface area contributed by atoms with E-state index in [0.717, 1.165) is 56.9 Å². The standard InChI is InChI=1S/2C47H36N2/c1-48(45-20-10-18-41(32-45)35-12-4-2-5-13-35)43-27-22-38(23-28-43)39-24-29-44(30-25-39)49(47-31-26-37-16-8-9-17-40(37)34-47)46-21-11-19-42(33-46)36-14-6-3-7-15-36;1-48(43-26-19-38(20-27-43)35-11-4-2-5-12-35)44-28-21-39(22-29-44)40-23-30-45(31-24-40)49(47-32-25-37-15-8-9-16-41(37)34-47)46-18-10-17-42(33-46)36-13-6-3-7-14-36/h2*2-34H,1H3. The summed E-state index contributed by atoms with van der Waals surface area (Å²) in [5.41, 5.74) is 25.7. The predicted octanol–water partition coefficient (Wildman–Crippen LogP) is 26.2. The van der Waals surface area contributed by atoms with Gasteiger partial charge >= 0.3 is 0 Å². The van der Waals surface area contributed by atoms with Crippen LogP contribution in [0.15, 0.2) is 400 Å². The van der Waals surface area contributed by atoms with Gasteiger partial charge in [0.1, 0.15) is 0 Å². The fourth-order valence-electron chi connectivity index (χ4n) is 13.1. The summed E-state index contributed by atoms with van der Waals surface area (Å²) in [6.07, 6.45) is 0. The molecule has 0 saturated heterocycles. The first-order valence-corrected chi connectivity index (χ1v) is 33.5. The molecule has 0 atom stereocenters. The number of anilines is 10. The molecule has 0 bridgehead atoms. The van der Waals surface area contributed by atoms with Crippen molar-refractivity contribution in [3.8, 4) is 66.8 Å². The molecule has 0 unspecified atom stereocenters. The Morgan fingerprint density at radius 3 is 0.673 bits per heavy atom. The highest BCUT2D eigenvalue weighted by molar-refractivity contribution is 5.92. The molecule has 16 aromatic rings. The summed E-state index contributed by atoms with van der Waals surface area (Å²) in [6, 6.07) is 143. The van der Waals surface area contributed by atoms with Crippen molar-refractivity contribution in [1.29, 1.82) is 0 Å². The molecule has 0 aliphatic heterocycles. The SMILES string of the molecule is CN(c1ccc(-c2ccc(N(c3cccc(-c4ccccc4)c3)c3ccc4ccccc4c3)cc2)cc1)c1cccc(-c2ccccc2)c1.CN(c1ccc(-c2ccccc2)cc1)c1ccc(-c2ccc(N(c3cccc(-c4ccccc4)c3)c3ccc4ccccc4c3)cc2)cc1. The quantitative estimate of drug-likeness (QED) is 0.0956. The van der Waals surface area contributed by atoms with E-state index in [9.17, 15) is 0 Å². The normalized spacial score (nSPS) is 11.0. The van der Waals surface area contributed by atoms with Crippen molar-refractivity contribution in [2.75, 3.05) is 33.7 Å². The van der Waals surface area contributed by atoms with Crippen molar-refractivity contribution in [1.82, 2.24) is 0 Å². The van der Waals surface area contributed by atoms with E-state index < -0.39 is 0 Å². The van der Waals surface area contributed by atoms with Crippen molar-refractivity contribution in [3.63, 3.8) is 0 Å². The van der Waals surface area contributed by atoms with Crippen LogP contribution >= 0.6 is 0 Å². The van der Waals surface area contributed by atoms with Crippen LogP contribution in [0.2, 0.25) is 0 Å². The lowest BCUT2D eigenvalue weighted by Crippen LogP contribution is -2.10. The number of nitrogens with zero attached hydrogens (tertiary/aromatic N) is 4. The average molecular weight is 1260 g/mol. The molecular formula is C94H72N4. The summed E-state index contributed by atoms with van der Waals surface area (Å²) in [5, 5.41) is 4.91. The van der Waals surface area contributed by atoms with Crippen molar-refractivity contribution >= 4 is 78.4 Å². The molecule has 16 aromatic carbocycles. The van der Waals surface area contributed by atoms with E-state index >= 15 is 0 Å². The zero-order valence-electron chi connectivity index (χ0n) is 54.9. The van der Waals surface area contributed by atoms with Gasteiger partial charge in [-0.1, -0.05) is 279 Å². The number of hydrogen-bond donors (Lipinski definition) is 0. The summed E-state index contributed by atoms with van der Waals surface area (Å²) in [5.74, 6) is 0. The lowest BCUT2D eigenvalue weighted by molar-refractivity contribution is 1.21. The second kappa shape index (κ2) is 28.4. The van der Waals surface area contributed by atoms with Crippen molar-refractivity contribution in [2.24, 2.45) is 0 Å². The van der Waals surface area contributed by atoms with Gasteiger partial charge in [-0.3, -0.25) is 0 Å². The Hall–Kier alpha value is -12.8. The lowest BCUT2D eigenvalue weighted by Gasteiger charge is -2.26. The highest BCUT2D eigenvalue weighted by atomic mass is 15.1. The molecule has 0 spiro atoms. The molecule has 0 aliphatic carbocycles. The first-order valence-electron chi connectivity index (χ1n) is 33.5. The largest absolute Gasteiger partial charge is 0.345 e. The molecular weight excluding hydrogens is 1190 g/mol. The van der Waals surface area contributed by atoms with Gasteiger partial charge in [0.15, 0.2) is 0 Å². The van der Waals surface area contributed by atoms with Crippen LogP contribution in [0.25, 0.3) is 88.3 Å². The fraction of sp³-hybridized carbons (Fsp3) is 0.0213. The third-order valence-electron chi connectivity index (χ3n) is 18.5. The molecule has 0 aromatic heterocycles. The molecule has 16 rings (SSSR count). The van der Waals surface area contributed by atoms with Crippen LogP contribution in [0.5, 0.6) is 0 Å². The highest BCUT2D eigenvalue weighted by Gasteiger charge is 2.18. The van der Waals surface area contributed by atoms with E-state index in [1.54, 1.807) is 0 Å². The van der Waals surface area contributed by atoms with Crippen LogP contribution in [0.3, 0.4) is 0 Å². The van der Waals surface area contributed by atoms with Gasteiger partial charge in [-0.05, 0) is 210 Å². The summed E-state index contributed by atoms with van der Waals surface area (Å²) in [6.45, 7) is 0. The number of hydrogen-bond acceptors (Lipinski definition) is 4. The maximum atomic E-state index is 2.35. The van der Waals surface area contributed by atoms with Crippen molar-refractivity contribution in [3.05, 3.63) is 400 Å². The van der Waals surface area contributed by atoms with Crippen LogP contribution in [0.1, 0.15) is 0 Å². The highest BCUT2D eigenvalue weighted by Crippen LogP contribution is 2.42. The van der Waals surface area contributed by atoms with Crippen LogP contribution in [0, 0.1) is 0 Å². The van der Waals surface area contributed by atoms with Gasteiger partial charge in [0.2, 0.25) is 0 Å². The minimum Gasteiger partial charge on any atom is -0.345 e. The van der Waals surface area contributed by atoms with E-state index in [1.165, 1.54) is 88.3 Å². The summed E-state index contributed by atoms with van der Waals surface area (Å²) >= 11 is 0. The average Bonchev–Trinajstić information content (AvgIpc) is 0.799. The molecule has 0 N–H and O–H groups in total. The van der Waals surface area contributed by atoms with Gasteiger partial charge in [-0.15, -0.1) is 0 Å². The third kappa shape index (κ3) is 13.6. The summed E-state index contributed by atoms with van der Waals surface area (Å²) in [4.78, 5) is 9.17. The third-order valence-corrected chi connectivity index (χ3v) is 18.5. The van der Waals surface area contributed by atoms with Gasteiger partial charge in [0.05, 0.1) is 0 Å². The topological polar surface area (TPSA) is 13.0 Å². The maximum absolute atomic E-state index is 2.35. The lowest BCUT2D eigenvalue weighted by atomic mass is 10.0. The Morgan fingerprint density at radius 1 is 0.133 bits per heavy atom. The van der Waals surface area contributed by atoms with E-state index in [2.05, 4.69) is 434 Å². The fourth-order valence-corrected chi connectivity index (χ4v) is 13.1. The van der Waals surface area contributed by atoms with Crippen molar-refractivity contribution < 1.29 is 0 Å². The minimum atomic E-state index is 1.11. The number of benzene rings is 16. The molecule has 98 heavy (non-hydrogen) atoms. The smallest absolute Gasteiger partial charge is 0.0468 e. The van der Waals surface area contributed by atoms with Crippen molar-refractivity contribution in [2.45, 2.75) is 0 Å². The molecule has 0 amide bonds. The van der Waals surface area contributed by atoms with E-state index in [1.807, 2.05) is 0 Å². The molecule has 4 heteroatoms. The Bertz CT molecular complexity index is 5310. The van der Waals surface area contributed by atoms with Gasteiger partial charge in [0, 0.05) is 71.0 Å². The van der Waals surface area contributed by atoms with Crippen LogP contribution in [-0.4, -0.2) is 14.1 Å². The number of fused-ring (bicyclic) bond motifs is 2. The van der Waals surface area contributed by atoms with Gasteiger partial charge in [0.25, 0.3) is 0 Å². The second-order valence-electron chi connectivity index (χ2n) is 24.7. The van der Waals surface area contributed by atoms with Crippen LogP contribution < -0.4 is 19.6 Å². The second-order valence-corrected chi connectivity index (χ2v) is 24.7. The molecule has 0 saturated carbocycles. The van der Waals surface area contributed by atoms with E-state index in [4.69, 9.17) is 0 Å². The minimum absolute atomic E-state index is 1.11. The van der Waals surface area contributed by atoms with Crippen LogP contribution in [0.4, 0.5) is 56.9 Å². The Labute approximate surface area is 575 Å². The first kappa shape index (κ1) is 61.4. The molecule has 0 radical (unpaired) electrons. The molecule has 4 nitrogen and oxygen atoms in total.